The lowest BCUT2D eigenvalue weighted by Gasteiger charge is -2.36. The van der Waals surface area contributed by atoms with Crippen molar-refractivity contribution in [3.63, 3.8) is 0 Å². The monoisotopic (exact) mass is 353 g/mol. The first-order valence-corrected chi connectivity index (χ1v) is 9.35. The Morgan fingerprint density at radius 2 is 2.33 bits per heavy atom. The van der Waals surface area contributed by atoms with Crippen LogP contribution in [0.1, 0.15) is 31.6 Å². The van der Waals surface area contributed by atoms with Gasteiger partial charge in [0.15, 0.2) is 0 Å². The molecule has 7 heteroatoms. The molecule has 6 nitrogen and oxygen atoms in total. The zero-order valence-corrected chi connectivity index (χ0v) is 15.2. The summed E-state index contributed by atoms with van der Waals surface area (Å²) in [5.41, 5.74) is 0. The molecule has 1 aromatic heterocycles. The number of nitrogens with one attached hydrogen (secondary N) is 1. The van der Waals surface area contributed by atoms with Crippen molar-refractivity contribution in [2.75, 3.05) is 26.2 Å². The van der Waals surface area contributed by atoms with E-state index in [4.69, 9.17) is 5.11 Å². The van der Waals surface area contributed by atoms with Gasteiger partial charge in [0.05, 0.1) is 12.5 Å². The van der Waals surface area contributed by atoms with Gasteiger partial charge in [-0.25, -0.2) is 0 Å². The van der Waals surface area contributed by atoms with Crippen molar-refractivity contribution < 1.29 is 14.7 Å². The highest BCUT2D eigenvalue weighted by molar-refractivity contribution is 7.09. The van der Waals surface area contributed by atoms with Crippen molar-refractivity contribution in [2.45, 2.75) is 45.3 Å². The van der Waals surface area contributed by atoms with Gasteiger partial charge in [0.25, 0.3) is 0 Å². The summed E-state index contributed by atoms with van der Waals surface area (Å²) in [5, 5.41) is 13.9. The number of nitrogens with zero attached hydrogens (tertiary/aromatic N) is 2. The highest BCUT2D eigenvalue weighted by Gasteiger charge is 2.33. The molecule has 1 fully saturated rings. The lowest BCUT2D eigenvalue weighted by Crippen LogP contribution is -2.56. The van der Waals surface area contributed by atoms with Gasteiger partial charge in [-0.05, 0) is 31.7 Å². The van der Waals surface area contributed by atoms with Gasteiger partial charge >= 0.3 is 0 Å². The summed E-state index contributed by atoms with van der Waals surface area (Å²) >= 11 is 1.66. The first-order chi connectivity index (χ1) is 11.5. The van der Waals surface area contributed by atoms with Crippen molar-refractivity contribution in [1.29, 1.82) is 0 Å². The number of carbonyl (C=O) groups excluding carboxylic acids is 2. The number of piperazine rings is 1. The molecule has 1 aliphatic rings. The maximum atomic E-state index is 12.7. The molecule has 0 spiro atoms. The predicted molar refractivity (Wildman–Crippen MR) is 94.7 cm³/mol. The normalized spacial score (nSPS) is 18.7. The van der Waals surface area contributed by atoms with Crippen molar-refractivity contribution >= 4 is 23.2 Å². The second kappa shape index (κ2) is 9.15. The van der Waals surface area contributed by atoms with Gasteiger partial charge < -0.3 is 15.3 Å². The van der Waals surface area contributed by atoms with Gasteiger partial charge in [0, 0.05) is 43.7 Å². The lowest BCUT2D eigenvalue weighted by atomic mass is 10.1. The molecule has 24 heavy (non-hydrogen) atoms. The fourth-order valence-electron chi connectivity index (χ4n) is 2.97. The Labute approximate surface area is 147 Å². The van der Waals surface area contributed by atoms with Crippen molar-refractivity contribution in [3.8, 4) is 0 Å². The number of aliphatic hydroxyl groups is 1. The number of rotatable bonds is 8. The number of aliphatic hydroxyl groups excluding tert-OH is 1. The van der Waals surface area contributed by atoms with E-state index in [-0.39, 0.29) is 30.9 Å². The number of hydrogen-bond donors (Lipinski definition) is 2. The minimum atomic E-state index is -0.427. The second-order valence-electron chi connectivity index (χ2n) is 6.32. The topological polar surface area (TPSA) is 72.9 Å². The Bertz CT molecular complexity index is 533. The van der Waals surface area contributed by atoms with Gasteiger partial charge in [-0.15, -0.1) is 11.3 Å². The summed E-state index contributed by atoms with van der Waals surface area (Å²) in [6, 6.07) is 3.68. The zero-order chi connectivity index (χ0) is 17.5. The average molecular weight is 353 g/mol. The van der Waals surface area contributed by atoms with Crippen LogP contribution in [-0.2, 0) is 16.1 Å². The molecule has 2 rings (SSSR count). The van der Waals surface area contributed by atoms with Gasteiger partial charge in [0.1, 0.15) is 0 Å². The minimum absolute atomic E-state index is 0.0309. The number of amides is 2. The van der Waals surface area contributed by atoms with E-state index in [0.717, 1.165) is 6.54 Å². The van der Waals surface area contributed by atoms with Crippen LogP contribution in [0, 0.1) is 0 Å². The summed E-state index contributed by atoms with van der Waals surface area (Å²) in [4.78, 5) is 30.0. The molecular weight excluding hydrogens is 326 g/mol. The Balaban J connectivity index is 2.04. The molecule has 0 radical (unpaired) electrons. The van der Waals surface area contributed by atoms with E-state index < -0.39 is 6.04 Å². The Hall–Kier alpha value is -1.44. The molecule has 0 aliphatic carbocycles. The molecule has 0 saturated carbocycles. The van der Waals surface area contributed by atoms with Gasteiger partial charge in [-0.1, -0.05) is 6.07 Å². The van der Waals surface area contributed by atoms with E-state index in [9.17, 15) is 9.59 Å². The molecule has 1 saturated heterocycles. The quantitative estimate of drug-likeness (QED) is 0.733. The summed E-state index contributed by atoms with van der Waals surface area (Å²) in [7, 11) is 0. The molecule has 1 aliphatic heterocycles. The molecule has 2 N–H and O–H groups in total. The average Bonchev–Trinajstić information content (AvgIpc) is 3.04. The summed E-state index contributed by atoms with van der Waals surface area (Å²) in [5.74, 6) is -0.103. The molecule has 1 unspecified atom stereocenters. The largest absolute Gasteiger partial charge is 0.396 e. The number of hydrogen-bond acceptors (Lipinski definition) is 5. The third kappa shape index (κ3) is 5.03. The summed E-state index contributed by atoms with van der Waals surface area (Å²) < 4.78 is 0. The van der Waals surface area contributed by atoms with E-state index >= 15 is 0 Å². The van der Waals surface area contributed by atoms with Gasteiger partial charge in [-0.3, -0.25) is 14.5 Å². The van der Waals surface area contributed by atoms with Crippen LogP contribution in [0.4, 0.5) is 0 Å². The van der Waals surface area contributed by atoms with Crippen molar-refractivity contribution in [1.82, 2.24) is 15.1 Å². The highest BCUT2D eigenvalue weighted by Crippen LogP contribution is 2.18. The van der Waals surface area contributed by atoms with Crippen LogP contribution in [0.25, 0.3) is 0 Å². The smallest absolute Gasteiger partial charge is 0.237 e. The summed E-state index contributed by atoms with van der Waals surface area (Å²) in [6.45, 7) is 6.56. The molecule has 0 bridgehead atoms. The maximum absolute atomic E-state index is 12.7. The van der Waals surface area contributed by atoms with Crippen LogP contribution in [0.2, 0.25) is 0 Å². The lowest BCUT2D eigenvalue weighted by molar-refractivity contribution is -0.140. The molecule has 2 heterocycles. The predicted octanol–water partition coefficient (Wildman–Crippen LogP) is 1.06. The fraction of sp³-hybridized carbons (Fsp3) is 0.647. The van der Waals surface area contributed by atoms with Gasteiger partial charge in [-0.2, -0.15) is 0 Å². The fourth-order valence-corrected chi connectivity index (χ4v) is 3.70. The molecule has 0 aromatic carbocycles. The van der Waals surface area contributed by atoms with E-state index in [2.05, 4.69) is 16.3 Å². The molecule has 1 aromatic rings. The van der Waals surface area contributed by atoms with Gasteiger partial charge in [0.2, 0.25) is 11.8 Å². The Morgan fingerprint density at radius 1 is 1.54 bits per heavy atom. The van der Waals surface area contributed by atoms with Crippen LogP contribution in [-0.4, -0.2) is 65.0 Å². The van der Waals surface area contributed by atoms with Crippen LogP contribution in [0.3, 0.4) is 0 Å². The van der Waals surface area contributed by atoms with Crippen LogP contribution >= 0.6 is 11.3 Å². The first-order valence-electron chi connectivity index (χ1n) is 8.47. The van der Waals surface area contributed by atoms with Crippen LogP contribution < -0.4 is 5.32 Å². The first kappa shape index (κ1) is 18.9. The SMILES string of the molecule is CC(C)N(CCCO)C(=O)CC1C(=O)NCCN1Cc1cccs1. The van der Waals surface area contributed by atoms with Crippen molar-refractivity contribution in [3.05, 3.63) is 22.4 Å². The third-order valence-corrected chi connectivity index (χ3v) is 5.11. The molecular formula is C17H27N3O3S. The molecule has 2 amide bonds. The summed E-state index contributed by atoms with van der Waals surface area (Å²) in [6.07, 6.45) is 0.737. The van der Waals surface area contributed by atoms with E-state index in [1.165, 1.54) is 4.88 Å². The van der Waals surface area contributed by atoms with E-state index in [1.807, 2.05) is 25.3 Å². The number of carbonyl (C=O) groups is 2. The maximum Gasteiger partial charge on any atom is 0.237 e. The van der Waals surface area contributed by atoms with Crippen LogP contribution in [0.5, 0.6) is 0 Å². The van der Waals surface area contributed by atoms with E-state index in [1.54, 1.807) is 16.2 Å². The standard InChI is InChI=1S/C17H27N3O3S/c1-13(2)20(7-4-9-21)16(22)11-15-17(23)18-6-8-19(15)12-14-5-3-10-24-14/h3,5,10,13,15,21H,4,6-9,11-12H2,1-2H3,(H,18,23). The third-order valence-electron chi connectivity index (χ3n) is 4.25. The highest BCUT2D eigenvalue weighted by atomic mass is 32.1. The minimum Gasteiger partial charge on any atom is -0.396 e. The van der Waals surface area contributed by atoms with Crippen molar-refractivity contribution in [2.24, 2.45) is 0 Å². The Morgan fingerprint density at radius 3 is 2.96 bits per heavy atom. The molecule has 1 atom stereocenters. The Kier molecular flexibility index (Phi) is 7.20. The second-order valence-corrected chi connectivity index (χ2v) is 7.35. The number of thiophene rings is 1. The zero-order valence-electron chi connectivity index (χ0n) is 14.4. The molecule has 134 valence electrons. The van der Waals surface area contributed by atoms with Crippen LogP contribution in [0.15, 0.2) is 17.5 Å². The van der Waals surface area contributed by atoms with E-state index in [0.29, 0.717) is 26.1 Å².